The summed E-state index contributed by atoms with van der Waals surface area (Å²) >= 11 is 7.86. The van der Waals surface area contributed by atoms with E-state index in [4.69, 9.17) is 22.1 Å². The van der Waals surface area contributed by atoms with Gasteiger partial charge in [-0.05, 0) is 22.6 Å². The first-order valence-electron chi connectivity index (χ1n) is 2.80. The fourth-order valence-electron chi connectivity index (χ4n) is 0.627. The molecule has 1 aromatic rings. The summed E-state index contributed by atoms with van der Waals surface area (Å²) in [6, 6.07) is 0. The van der Waals surface area contributed by atoms with Crippen molar-refractivity contribution in [1.29, 1.82) is 0 Å². The lowest BCUT2D eigenvalue weighted by Crippen LogP contribution is -1.97. The highest BCUT2D eigenvalue weighted by Crippen LogP contribution is 2.30. The van der Waals surface area contributed by atoms with E-state index in [-0.39, 0.29) is 0 Å². The molecule has 0 bridgehead atoms. The summed E-state index contributed by atoms with van der Waals surface area (Å²) in [4.78, 5) is 3.92. The van der Waals surface area contributed by atoms with Gasteiger partial charge in [-0.3, -0.25) is 0 Å². The molecule has 0 radical (unpaired) electrons. The van der Waals surface area contributed by atoms with Crippen LogP contribution in [-0.2, 0) is 0 Å². The maximum absolute atomic E-state index is 5.81. The molecule has 0 saturated carbocycles. The van der Waals surface area contributed by atoms with Crippen LogP contribution in [0.15, 0.2) is 6.20 Å². The van der Waals surface area contributed by atoms with Crippen molar-refractivity contribution in [1.82, 2.24) is 4.98 Å². The summed E-state index contributed by atoms with van der Waals surface area (Å²) in [5.74, 6) is 0.371. The van der Waals surface area contributed by atoms with E-state index in [1.165, 1.54) is 7.11 Å². The van der Waals surface area contributed by atoms with Crippen LogP contribution >= 0.6 is 34.2 Å². The van der Waals surface area contributed by atoms with Gasteiger partial charge in [0.25, 0.3) is 0 Å². The van der Waals surface area contributed by atoms with Gasteiger partial charge in [0.2, 0.25) is 5.88 Å². The Labute approximate surface area is 83.0 Å². The first-order valence-corrected chi connectivity index (χ1v) is 4.26. The molecule has 0 aliphatic carbocycles. The van der Waals surface area contributed by atoms with Gasteiger partial charge >= 0.3 is 0 Å². The van der Waals surface area contributed by atoms with Crippen LogP contribution in [0.1, 0.15) is 0 Å². The summed E-state index contributed by atoms with van der Waals surface area (Å²) < 4.78 is 5.68. The van der Waals surface area contributed by atoms with E-state index in [9.17, 15) is 0 Å². The van der Waals surface area contributed by atoms with Crippen LogP contribution in [0.5, 0.6) is 5.88 Å². The van der Waals surface area contributed by atoms with E-state index < -0.39 is 0 Å². The molecule has 2 N–H and O–H groups in total. The van der Waals surface area contributed by atoms with Crippen LogP contribution < -0.4 is 10.5 Å². The zero-order valence-electron chi connectivity index (χ0n) is 5.77. The van der Waals surface area contributed by atoms with Crippen molar-refractivity contribution in [3.05, 3.63) is 14.8 Å². The van der Waals surface area contributed by atoms with Crippen molar-refractivity contribution in [2.75, 3.05) is 12.8 Å². The maximum atomic E-state index is 5.81. The standard InChI is InChI=1S/C6H6ClIN2O/c1-11-6-5(9)4(7)3(8)2-10-6/h2H,9H2,1H3. The Morgan fingerprint density at radius 3 is 2.91 bits per heavy atom. The number of nitrogens with two attached hydrogens (primary N) is 1. The predicted octanol–water partition coefficient (Wildman–Crippen LogP) is 1.93. The second-order valence-electron chi connectivity index (χ2n) is 1.84. The fraction of sp³-hybridized carbons (Fsp3) is 0.167. The van der Waals surface area contributed by atoms with Crippen LogP contribution in [0.4, 0.5) is 5.69 Å². The number of methoxy groups -OCH3 is 1. The van der Waals surface area contributed by atoms with Crippen molar-refractivity contribution in [2.45, 2.75) is 0 Å². The van der Waals surface area contributed by atoms with Gasteiger partial charge in [-0.25, -0.2) is 4.98 Å². The number of aromatic nitrogens is 1. The summed E-state index contributed by atoms with van der Waals surface area (Å²) in [5.41, 5.74) is 5.96. The number of halogens is 2. The summed E-state index contributed by atoms with van der Waals surface area (Å²) in [6.45, 7) is 0. The van der Waals surface area contributed by atoms with Crippen molar-refractivity contribution in [3.8, 4) is 5.88 Å². The molecule has 1 heterocycles. The van der Waals surface area contributed by atoms with E-state index in [2.05, 4.69) is 27.6 Å². The Morgan fingerprint density at radius 1 is 1.73 bits per heavy atom. The lowest BCUT2D eigenvalue weighted by molar-refractivity contribution is 0.400. The van der Waals surface area contributed by atoms with E-state index in [1.54, 1.807) is 6.20 Å². The Kier molecular flexibility index (Phi) is 2.78. The molecule has 0 spiro atoms. The first kappa shape index (κ1) is 8.86. The minimum absolute atomic E-state index is 0.371. The maximum Gasteiger partial charge on any atom is 0.238 e. The van der Waals surface area contributed by atoms with Gasteiger partial charge in [-0.15, -0.1) is 0 Å². The highest BCUT2D eigenvalue weighted by atomic mass is 127. The molecule has 1 aromatic heterocycles. The van der Waals surface area contributed by atoms with Crippen LogP contribution in [0.2, 0.25) is 5.02 Å². The average Bonchev–Trinajstić information content (AvgIpc) is 2.01. The Balaban J connectivity index is 3.25. The third kappa shape index (κ3) is 1.67. The Hall–Kier alpha value is -0.230. The van der Waals surface area contributed by atoms with E-state index in [0.717, 1.165) is 3.57 Å². The lowest BCUT2D eigenvalue weighted by Gasteiger charge is -2.04. The fourth-order valence-corrected chi connectivity index (χ4v) is 1.19. The SMILES string of the molecule is COc1ncc(I)c(Cl)c1N. The number of rotatable bonds is 1. The molecule has 60 valence electrons. The molecule has 0 aliphatic rings. The zero-order chi connectivity index (χ0) is 8.43. The largest absolute Gasteiger partial charge is 0.479 e. The molecule has 0 aliphatic heterocycles. The summed E-state index contributed by atoms with van der Waals surface area (Å²) in [7, 11) is 1.50. The molecular formula is C6H6ClIN2O. The number of anilines is 1. The number of nitrogens with zero attached hydrogens (tertiary/aromatic N) is 1. The molecule has 0 saturated heterocycles. The smallest absolute Gasteiger partial charge is 0.238 e. The molecule has 3 nitrogen and oxygen atoms in total. The van der Waals surface area contributed by atoms with Gasteiger partial charge in [-0.1, -0.05) is 11.6 Å². The third-order valence-electron chi connectivity index (χ3n) is 1.17. The second kappa shape index (κ2) is 3.44. The Morgan fingerprint density at radius 2 is 2.36 bits per heavy atom. The van der Waals surface area contributed by atoms with Gasteiger partial charge in [0.1, 0.15) is 5.69 Å². The molecule has 0 aromatic carbocycles. The Bertz CT molecular complexity index is 280. The van der Waals surface area contributed by atoms with Crippen LogP contribution in [0.25, 0.3) is 0 Å². The first-order chi connectivity index (χ1) is 5.16. The lowest BCUT2D eigenvalue weighted by atomic mass is 10.4. The molecule has 1 rings (SSSR count). The van der Waals surface area contributed by atoms with Crippen LogP contribution in [0, 0.1) is 3.57 Å². The highest BCUT2D eigenvalue weighted by molar-refractivity contribution is 14.1. The quantitative estimate of drug-likeness (QED) is 0.802. The van der Waals surface area contributed by atoms with Crippen molar-refractivity contribution < 1.29 is 4.74 Å². The minimum atomic E-state index is 0.371. The van der Waals surface area contributed by atoms with Crippen LogP contribution in [-0.4, -0.2) is 12.1 Å². The van der Waals surface area contributed by atoms with E-state index in [0.29, 0.717) is 16.6 Å². The zero-order valence-corrected chi connectivity index (χ0v) is 8.68. The number of pyridine rings is 1. The van der Waals surface area contributed by atoms with E-state index in [1.807, 2.05) is 0 Å². The van der Waals surface area contributed by atoms with Gasteiger partial charge in [0.15, 0.2) is 0 Å². The third-order valence-corrected chi connectivity index (χ3v) is 2.71. The molecule has 5 heteroatoms. The summed E-state index contributed by atoms with van der Waals surface area (Å²) in [5, 5.41) is 0.498. The number of hydrogen-bond donors (Lipinski definition) is 1. The average molecular weight is 284 g/mol. The van der Waals surface area contributed by atoms with Crippen molar-refractivity contribution in [2.24, 2.45) is 0 Å². The van der Waals surface area contributed by atoms with Gasteiger partial charge in [0, 0.05) is 6.20 Å². The predicted molar refractivity (Wildman–Crippen MR) is 52.9 cm³/mol. The monoisotopic (exact) mass is 284 g/mol. The number of hydrogen-bond acceptors (Lipinski definition) is 3. The van der Waals surface area contributed by atoms with E-state index >= 15 is 0 Å². The summed E-state index contributed by atoms with van der Waals surface area (Å²) in [6.07, 6.45) is 1.61. The molecule has 11 heavy (non-hydrogen) atoms. The topological polar surface area (TPSA) is 48.1 Å². The molecular weight excluding hydrogens is 278 g/mol. The van der Waals surface area contributed by atoms with Gasteiger partial charge in [-0.2, -0.15) is 0 Å². The van der Waals surface area contributed by atoms with Gasteiger partial charge < -0.3 is 10.5 Å². The minimum Gasteiger partial charge on any atom is -0.479 e. The second-order valence-corrected chi connectivity index (χ2v) is 3.38. The normalized spacial score (nSPS) is 9.73. The van der Waals surface area contributed by atoms with Gasteiger partial charge in [0.05, 0.1) is 15.7 Å². The number of nitrogen functional groups attached to an aromatic ring is 1. The number of ether oxygens (including phenoxy) is 1. The van der Waals surface area contributed by atoms with Crippen LogP contribution in [0.3, 0.4) is 0 Å². The van der Waals surface area contributed by atoms with Crippen molar-refractivity contribution in [3.63, 3.8) is 0 Å². The molecule has 0 fully saturated rings. The highest BCUT2D eigenvalue weighted by Gasteiger charge is 2.07. The molecule has 0 unspecified atom stereocenters. The molecule has 0 amide bonds. The molecule has 0 atom stereocenters. The van der Waals surface area contributed by atoms with Crippen molar-refractivity contribution >= 4 is 39.9 Å².